The van der Waals surface area contributed by atoms with Gasteiger partial charge in [-0.2, -0.15) is 0 Å². The number of carbonyl (C=O) groups excluding carboxylic acids is 2. The van der Waals surface area contributed by atoms with Crippen molar-refractivity contribution >= 4 is 28.3 Å². The third-order valence-electron chi connectivity index (χ3n) is 3.71. The van der Waals surface area contributed by atoms with Gasteiger partial charge in [0, 0.05) is 30.3 Å². The van der Waals surface area contributed by atoms with Crippen LogP contribution in [0.1, 0.15) is 34.8 Å². The lowest BCUT2D eigenvalue weighted by Gasteiger charge is -2.26. The van der Waals surface area contributed by atoms with Gasteiger partial charge in [-0.1, -0.05) is 11.3 Å². The van der Waals surface area contributed by atoms with Crippen LogP contribution in [0.2, 0.25) is 0 Å². The van der Waals surface area contributed by atoms with Gasteiger partial charge in [0.15, 0.2) is 5.13 Å². The second-order valence-corrected chi connectivity index (χ2v) is 6.59. The van der Waals surface area contributed by atoms with E-state index in [4.69, 9.17) is 4.74 Å². The number of fused-ring (bicyclic) bond motifs is 1. The van der Waals surface area contributed by atoms with Crippen LogP contribution in [0, 0.1) is 0 Å². The Morgan fingerprint density at radius 2 is 2.08 bits per heavy atom. The highest BCUT2D eigenvalue weighted by atomic mass is 32.1. The lowest BCUT2D eigenvalue weighted by molar-refractivity contribution is -0.114. The molecule has 0 aliphatic carbocycles. The molecule has 3 rings (SSSR count). The van der Waals surface area contributed by atoms with Crippen molar-refractivity contribution in [1.29, 1.82) is 0 Å². The predicted molar refractivity (Wildman–Crippen MR) is 92.5 cm³/mol. The number of rotatable bonds is 4. The van der Waals surface area contributed by atoms with E-state index < -0.39 is 0 Å². The molecule has 2 amide bonds. The highest BCUT2D eigenvalue weighted by Crippen LogP contribution is 2.29. The summed E-state index contributed by atoms with van der Waals surface area (Å²) in [7, 11) is 0. The Morgan fingerprint density at radius 3 is 2.75 bits per heavy atom. The summed E-state index contributed by atoms with van der Waals surface area (Å²) in [5.41, 5.74) is 1.62. The molecule has 126 valence electrons. The largest absolute Gasteiger partial charge is 0.494 e. The van der Waals surface area contributed by atoms with Gasteiger partial charge < -0.3 is 15.0 Å². The highest BCUT2D eigenvalue weighted by Gasteiger charge is 2.25. The summed E-state index contributed by atoms with van der Waals surface area (Å²) in [4.78, 5) is 31.1. The van der Waals surface area contributed by atoms with Gasteiger partial charge in [0.25, 0.3) is 5.91 Å². The zero-order chi connectivity index (χ0) is 17.1. The first kappa shape index (κ1) is 16.4. The zero-order valence-corrected chi connectivity index (χ0v) is 14.5. The van der Waals surface area contributed by atoms with Crippen molar-refractivity contribution in [3.8, 4) is 5.75 Å². The molecule has 6 nitrogen and oxygen atoms in total. The van der Waals surface area contributed by atoms with Gasteiger partial charge in [-0.3, -0.25) is 9.59 Å². The van der Waals surface area contributed by atoms with E-state index in [0.717, 1.165) is 16.3 Å². The first-order valence-electron chi connectivity index (χ1n) is 7.85. The Morgan fingerprint density at radius 1 is 1.33 bits per heavy atom. The monoisotopic (exact) mass is 345 g/mol. The van der Waals surface area contributed by atoms with Crippen molar-refractivity contribution in [2.24, 2.45) is 0 Å². The number of nitrogens with zero attached hydrogens (tertiary/aromatic N) is 2. The van der Waals surface area contributed by atoms with E-state index in [1.807, 2.05) is 24.0 Å². The van der Waals surface area contributed by atoms with Crippen LogP contribution >= 0.6 is 11.3 Å². The molecule has 2 heterocycles. The summed E-state index contributed by atoms with van der Waals surface area (Å²) < 4.78 is 5.40. The zero-order valence-electron chi connectivity index (χ0n) is 13.7. The summed E-state index contributed by atoms with van der Waals surface area (Å²) >= 11 is 1.43. The summed E-state index contributed by atoms with van der Waals surface area (Å²) in [6.07, 6.45) is 0.703. The fourth-order valence-corrected chi connectivity index (χ4v) is 3.69. The number of anilines is 1. The fourth-order valence-electron chi connectivity index (χ4n) is 2.62. The molecular formula is C17H19N3O3S. The standard InChI is InChI=1S/C17H19N3O3S/c1-3-23-13-6-4-12(5-7-13)16(22)20-9-8-14-15(10-20)24-17(19-14)18-11(2)21/h4-7H,3,8-10H2,1-2H3,(H,18,19,21). The molecule has 7 heteroatoms. The number of hydrogen-bond donors (Lipinski definition) is 1. The average Bonchev–Trinajstić information content (AvgIpc) is 2.95. The SMILES string of the molecule is CCOc1ccc(C(=O)N2CCc3nc(NC(C)=O)sc3C2)cc1. The van der Waals surface area contributed by atoms with Crippen molar-refractivity contribution in [3.05, 3.63) is 40.4 Å². The lowest BCUT2D eigenvalue weighted by atomic mass is 10.1. The Labute approximate surface area is 144 Å². The first-order chi connectivity index (χ1) is 11.6. The average molecular weight is 345 g/mol. The van der Waals surface area contributed by atoms with Crippen LogP contribution < -0.4 is 10.1 Å². The maximum absolute atomic E-state index is 12.7. The second-order valence-electron chi connectivity index (χ2n) is 5.50. The molecule has 1 aromatic heterocycles. The van der Waals surface area contributed by atoms with E-state index in [1.54, 1.807) is 12.1 Å². The number of ether oxygens (including phenoxy) is 1. The van der Waals surface area contributed by atoms with Crippen LogP contribution in [0.15, 0.2) is 24.3 Å². The van der Waals surface area contributed by atoms with E-state index >= 15 is 0 Å². The summed E-state index contributed by atoms with van der Waals surface area (Å²) in [5, 5.41) is 3.31. The maximum atomic E-state index is 12.7. The van der Waals surface area contributed by atoms with Crippen molar-refractivity contribution in [3.63, 3.8) is 0 Å². The smallest absolute Gasteiger partial charge is 0.254 e. The van der Waals surface area contributed by atoms with Crippen molar-refractivity contribution in [2.75, 3.05) is 18.5 Å². The fraction of sp³-hybridized carbons (Fsp3) is 0.353. The number of thiazole rings is 1. The Kier molecular flexibility index (Phi) is 4.80. The van der Waals surface area contributed by atoms with Gasteiger partial charge >= 0.3 is 0 Å². The van der Waals surface area contributed by atoms with Crippen LogP contribution in [0.25, 0.3) is 0 Å². The third-order valence-corrected chi connectivity index (χ3v) is 4.71. The molecule has 0 spiro atoms. The molecular weight excluding hydrogens is 326 g/mol. The molecule has 1 N–H and O–H groups in total. The molecule has 0 saturated heterocycles. The molecule has 0 bridgehead atoms. The molecule has 24 heavy (non-hydrogen) atoms. The van der Waals surface area contributed by atoms with E-state index in [1.165, 1.54) is 18.3 Å². The maximum Gasteiger partial charge on any atom is 0.254 e. The van der Waals surface area contributed by atoms with Crippen molar-refractivity contribution in [2.45, 2.75) is 26.8 Å². The topological polar surface area (TPSA) is 71.5 Å². The third kappa shape index (κ3) is 3.56. The number of amides is 2. The molecule has 2 aromatic rings. The predicted octanol–water partition coefficient (Wildman–Crippen LogP) is 2.70. The van der Waals surface area contributed by atoms with Crippen molar-refractivity contribution < 1.29 is 14.3 Å². The number of benzene rings is 1. The normalized spacial score (nSPS) is 13.3. The molecule has 0 fully saturated rings. The highest BCUT2D eigenvalue weighted by molar-refractivity contribution is 7.15. The van der Waals surface area contributed by atoms with Gasteiger partial charge in [-0.05, 0) is 31.2 Å². The molecule has 1 aliphatic rings. The summed E-state index contributed by atoms with van der Waals surface area (Å²) in [5.74, 6) is 0.624. The Bertz CT molecular complexity index is 755. The van der Waals surface area contributed by atoms with Gasteiger partial charge in [0.05, 0.1) is 18.8 Å². The van der Waals surface area contributed by atoms with E-state index in [-0.39, 0.29) is 11.8 Å². The van der Waals surface area contributed by atoms with Gasteiger partial charge in [-0.15, -0.1) is 0 Å². The summed E-state index contributed by atoms with van der Waals surface area (Å²) in [6, 6.07) is 7.21. The second kappa shape index (κ2) is 7.00. The van der Waals surface area contributed by atoms with Gasteiger partial charge in [-0.25, -0.2) is 4.98 Å². The van der Waals surface area contributed by atoms with E-state index in [2.05, 4.69) is 10.3 Å². The minimum absolute atomic E-state index is 0.00169. The Hall–Kier alpha value is -2.41. The number of nitrogens with one attached hydrogen (secondary N) is 1. The molecule has 0 saturated carbocycles. The lowest BCUT2D eigenvalue weighted by Crippen LogP contribution is -2.35. The molecule has 0 atom stereocenters. The van der Waals surface area contributed by atoms with Crippen LogP contribution in [-0.4, -0.2) is 34.8 Å². The first-order valence-corrected chi connectivity index (χ1v) is 8.66. The number of hydrogen-bond acceptors (Lipinski definition) is 5. The van der Waals surface area contributed by atoms with Crippen LogP contribution in [0.4, 0.5) is 5.13 Å². The summed E-state index contributed by atoms with van der Waals surface area (Å²) in [6.45, 7) is 5.14. The molecule has 1 aromatic carbocycles. The van der Waals surface area contributed by atoms with Gasteiger partial charge in [0.1, 0.15) is 5.75 Å². The minimum Gasteiger partial charge on any atom is -0.494 e. The Balaban J connectivity index is 1.71. The van der Waals surface area contributed by atoms with Gasteiger partial charge in [0.2, 0.25) is 5.91 Å². The molecule has 0 unspecified atom stereocenters. The molecule has 1 aliphatic heterocycles. The van der Waals surface area contributed by atoms with Crippen LogP contribution in [-0.2, 0) is 17.8 Å². The molecule has 0 radical (unpaired) electrons. The van der Waals surface area contributed by atoms with Crippen molar-refractivity contribution in [1.82, 2.24) is 9.88 Å². The number of aromatic nitrogens is 1. The quantitative estimate of drug-likeness (QED) is 0.925. The minimum atomic E-state index is -0.136. The van der Waals surface area contributed by atoms with E-state index in [0.29, 0.717) is 36.8 Å². The van der Waals surface area contributed by atoms with Crippen LogP contribution in [0.3, 0.4) is 0 Å². The van der Waals surface area contributed by atoms with E-state index in [9.17, 15) is 9.59 Å². The number of carbonyl (C=O) groups is 2. The van der Waals surface area contributed by atoms with Crippen LogP contribution in [0.5, 0.6) is 5.75 Å².